The predicted octanol–water partition coefficient (Wildman–Crippen LogP) is 2.69. The minimum Gasteiger partial charge on any atom is -0.330 e. The number of piperidine rings is 1. The largest absolute Gasteiger partial charge is 0.330 e. The van der Waals surface area contributed by atoms with Crippen LogP contribution >= 0.6 is 0 Å². The van der Waals surface area contributed by atoms with Crippen molar-refractivity contribution >= 4 is 0 Å². The average molecular weight is 259 g/mol. The molecule has 1 aromatic carbocycles. The number of rotatable bonds is 3. The Hall–Kier alpha value is -1.68. The van der Waals surface area contributed by atoms with Crippen LogP contribution in [0.15, 0.2) is 36.8 Å². The van der Waals surface area contributed by atoms with E-state index in [1.54, 1.807) is 0 Å². The zero-order chi connectivity index (χ0) is 13.1. The molecule has 1 aliphatic heterocycles. The number of nitrogens with one attached hydrogen (secondary N) is 1. The lowest BCUT2D eigenvalue weighted by atomic mass is 9.98. The van der Waals surface area contributed by atoms with Crippen LogP contribution in [-0.4, -0.2) is 22.6 Å². The molecule has 100 valence electrons. The molecule has 0 radical (unpaired) electrons. The number of halogens is 1. The third-order valence-electron chi connectivity index (χ3n) is 3.77. The van der Waals surface area contributed by atoms with Gasteiger partial charge in [0.1, 0.15) is 5.82 Å². The maximum absolute atomic E-state index is 13.0. The molecule has 1 fully saturated rings. The Morgan fingerprint density at radius 2 is 1.95 bits per heavy atom. The molecule has 0 spiro atoms. The fraction of sp³-hybridized carbons (Fsp3) is 0.400. The summed E-state index contributed by atoms with van der Waals surface area (Å²) in [5, 5.41) is 3.38. The van der Waals surface area contributed by atoms with E-state index in [4.69, 9.17) is 0 Å². The quantitative estimate of drug-likeness (QED) is 0.918. The van der Waals surface area contributed by atoms with E-state index in [-0.39, 0.29) is 5.82 Å². The van der Waals surface area contributed by atoms with Gasteiger partial charge in [-0.25, -0.2) is 9.37 Å². The van der Waals surface area contributed by atoms with Crippen molar-refractivity contribution in [3.8, 4) is 11.3 Å². The molecule has 2 aromatic rings. The molecule has 0 amide bonds. The summed E-state index contributed by atoms with van der Waals surface area (Å²) in [6.45, 7) is 3.20. The van der Waals surface area contributed by atoms with Gasteiger partial charge in [0, 0.05) is 6.54 Å². The van der Waals surface area contributed by atoms with E-state index in [0.29, 0.717) is 5.92 Å². The molecule has 2 heterocycles. The van der Waals surface area contributed by atoms with Crippen LogP contribution in [0.2, 0.25) is 0 Å². The lowest BCUT2D eigenvalue weighted by Gasteiger charge is -2.23. The third-order valence-corrected chi connectivity index (χ3v) is 3.77. The molecule has 3 nitrogen and oxygen atoms in total. The third kappa shape index (κ3) is 2.84. The van der Waals surface area contributed by atoms with E-state index in [1.165, 1.54) is 25.0 Å². The first kappa shape index (κ1) is 12.4. The van der Waals surface area contributed by atoms with Gasteiger partial charge in [0.25, 0.3) is 0 Å². The molecule has 4 heteroatoms. The van der Waals surface area contributed by atoms with Crippen molar-refractivity contribution in [2.45, 2.75) is 19.4 Å². The summed E-state index contributed by atoms with van der Waals surface area (Å²) in [5.41, 5.74) is 2.09. The van der Waals surface area contributed by atoms with Crippen LogP contribution in [-0.2, 0) is 6.54 Å². The average Bonchev–Trinajstić information content (AvgIpc) is 2.89. The molecule has 0 atom stereocenters. The fourth-order valence-corrected chi connectivity index (χ4v) is 2.67. The van der Waals surface area contributed by atoms with Crippen LogP contribution in [0.5, 0.6) is 0 Å². The van der Waals surface area contributed by atoms with Crippen LogP contribution in [0.4, 0.5) is 4.39 Å². The number of aromatic nitrogens is 2. The Bertz CT molecular complexity index is 527. The van der Waals surface area contributed by atoms with Gasteiger partial charge in [-0.3, -0.25) is 0 Å². The monoisotopic (exact) mass is 259 g/mol. The van der Waals surface area contributed by atoms with Gasteiger partial charge in [-0.15, -0.1) is 0 Å². The highest BCUT2D eigenvalue weighted by Gasteiger charge is 2.15. The highest BCUT2D eigenvalue weighted by Crippen LogP contribution is 2.22. The van der Waals surface area contributed by atoms with Gasteiger partial charge in [-0.05, 0) is 61.7 Å². The standard InChI is InChI=1S/C15H18FN3/c16-14-3-1-13(2-4-14)15-9-18-11-19(15)10-12-5-7-17-8-6-12/h1-4,9,11-12,17H,5-8,10H2. The molecule has 1 aromatic heterocycles. The van der Waals surface area contributed by atoms with Gasteiger partial charge in [0.2, 0.25) is 0 Å². The van der Waals surface area contributed by atoms with Gasteiger partial charge < -0.3 is 9.88 Å². The summed E-state index contributed by atoms with van der Waals surface area (Å²) < 4.78 is 15.2. The first-order valence-electron chi connectivity index (χ1n) is 6.80. The molecular weight excluding hydrogens is 241 g/mol. The number of hydrogen-bond donors (Lipinski definition) is 1. The van der Waals surface area contributed by atoms with Crippen LogP contribution in [0.1, 0.15) is 12.8 Å². The molecule has 1 saturated heterocycles. The molecule has 3 rings (SSSR count). The Balaban J connectivity index is 1.79. The van der Waals surface area contributed by atoms with Crippen molar-refractivity contribution in [2.24, 2.45) is 5.92 Å². The van der Waals surface area contributed by atoms with Gasteiger partial charge in [0.05, 0.1) is 18.2 Å². The summed E-state index contributed by atoms with van der Waals surface area (Å²) in [7, 11) is 0. The van der Waals surface area contributed by atoms with E-state index in [9.17, 15) is 4.39 Å². The van der Waals surface area contributed by atoms with E-state index in [1.807, 2.05) is 24.7 Å². The van der Waals surface area contributed by atoms with Crippen molar-refractivity contribution in [1.29, 1.82) is 0 Å². The van der Waals surface area contributed by atoms with Crippen LogP contribution < -0.4 is 5.32 Å². The number of imidazole rings is 1. The lowest BCUT2D eigenvalue weighted by molar-refractivity contribution is 0.334. The topological polar surface area (TPSA) is 29.9 Å². The Kier molecular flexibility index (Phi) is 3.60. The summed E-state index contributed by atoms with van der Waals surface area (Å²) in [6, 6.07) is 6.62. The zero-order valence-corrected chi connectivity index (χ0v) is 10.8. The van der Waals surface area contributed by atoms with E-state index >= 15 is 0 Å². The van der Waals surface area contributed by atoms with E-state index in [0.717, 1.165) is 30.9 Å². The number of benzene rings is 1. The van der Waals surface area contributed by atoms with Crippen molar-refractivity contribution in [3.05, 3.63) is 42.6 Å². The minimum atomic E-state index is -0.201. The summed E-state index contributed by atoms with van der Waals surface area (Å²) in [4.78, 5) is 4.24. The molecule has 1 aliphatic rings. The first-order valence-corrected chi connectivity index (χ1v) is 6.80. The highest BCUT2D eigenvalue weighted by atomic mass is 19.1. The maximum Gasteiger partial charge on any atom is 0.123 e. The summed E-state index contributed by atoms with van der Waals surface area (Å²) >= 11 is 0. The molecule has 19 heavy (non-hydrogen) atoms. The Morgan fingerprint density at radius 1 is 1.21 bits per heavy atom. The maximum atomic E-state index is 13.0. The van der Waals surface area contributed by atoms with Crippen LogP contribution in [0, 0.1) is 11.7 Å². The van der Waals surface area contributed by atoms with Crippen molar-refractivity contribution < 1.29 is 4.39 Å². The SMILES string of the molecule is Fc1ccc(-c2cncn2CC2CCNCC2)cc1. The highest BCUT2D eigenvalue weighted by molar-refractivity contribution is 5.58. The van der Waals surface area contributed by atoms with Gasteiger partial charge in [0.15, 0.2) is 0 Å². The van der Waals surface area contributed by atoms with Crippen LogP contribution in [0.25, 0.3) is 11.3 Å². The van der Waals surface area contributed by atoms with Crippen LogP contribution in [0.3, 0.4) is 0 Å². The smallest absolute Gasteiger partial charge is 0.123 e. The number of hydrogen-bond acceptors (Lipinski definition) is 2. The summed E-state index contributed by atoms with van der Waals surface area (Å²) in [6.07, 6.45) is 6.15. The second-order valence-electron chi connectivity index (χ2n) is 5.13. The van der Waals surface area contributed by atoms with Crippen molar-refractivity contribution in [2.75, 3.05) is 13.1 Å². The normalized spacial score (nSPS) is 16.7. The Labute approximate surface area is 112 Å². The number of nitrogens with zero attached hydrogens (tertiary/aromatic N) is 2. The van der Waals surface area contributed by atoms with Gasteiger partial charge >= 0.3 is 0 Å². The zero-order valence-electron chi connectivity index (χ0n) is 10.8. The van der Waals surface area contributed by atoms with Gasteiger partial charge in [-0.2, -0.15) is 0 Å². The van der Waals surface area contributed by atoms with E-state index in [2.05, 4.69) is 14.9 Å². The molecular formula is C15H18FN3. The molecule has 0 aliphatic carbocycles. The van der Waals surface area contributed by atoms with Gasteiger partial charge in [-0.1, -0.05) is 0 Å². The van der Waals surface area contributed by atoms with Crippen molar-refractivity contribution in [3.63, 3.8) is 0 Å². The molecule has 0 saturated carbocycles. The molecule has 1 N–H and O–H groups in total. The Morgan fingerprint density at radius 3 is 2.68 bits per heavy atom. The minimum absolute atomic E-state index is 0.201. The fourth-order valence-electron chi connectivity index (χ4n) is 2.67. The van der Waals surface area contributed by atoms with E-state index < -0.39 is 0 Å². The second kappa shape index (κ2) is 5.53. The lowest BCUT2D eigenvalue weighted by Crippen LogP contribution is -2.29. The summed E-state index contributed by atoms with van der Waals surface area (Å²) in [5.74, 6) is 0.503. The second-order valence-corrected chi connectivity index (χ2v) is 5.13. The predicted molar refractivity (Wildman–Crippen MR) is 73.2 cm³/mol. The molecule has 0 unspecified atom stereocenters. The molecule has 0 bridgehead atoms. The first-order chi connectivity index (χ1) is 9.33. The van der Waals surface area contributed by atoms with Crippen molar-refractivity contribution in [1.82, 2.24) is 14.9 Å².